The molecule has 222 valence electrons. The molecule has 1 aliphatic rings. The van der Waals surface area contributed by atoms with Crippen LogP contribution < -0.4 is 0 Å². The second kappa shape index (κ2) is 9.47. The molecule has 47 heavy (non-hydrogen) atoms. The van der Waals surface area contributed by atoms with E-state index in [1.165, 1.54) is 22.3 Å². The van der Waals surface area contributed by atoms with Crippen molar-refractivity contribution in [1.82, 2.24) is 19.5 Å². The first-order chi connectivity index (χ1) is 23.1. The van der Waals surface area contributed by atoms with E-state index in [1.54, 1.807) is 0 Å². The van der Waals surface area contributed by atoms with Crippen molar-refractivity contribution in [2.75, 3.05) is 0 Å². The molecule has 3 heterocycles. The number of benzene rings is 6. The molecule has 0 spiro atoms. The van der Waals surface area contributed by atoms with E-state index in [9.17, 15) is 0 Å². The van der Waals surface area contributed by atoms with Crippen LogP contribution in [0.25, 0.3) is 83.6 Å². The highest BCUT2D eigenvalue weighted by Crippen LogP contribution is 2.54. The Morgan fingerprint density at radius 3 is 1.89 bits per heavy atom. The Labute approximate surface area is 270 Å². The van der Waals surface area contributed by atoms with Gasteiger partial charge < -0.3 is 4.42 Å². The number of fused-ring (bicyclic) bond motifs is 10. The van der Waals surface area contributed by atoms with Gasteiger partial charge in [0.05, 0.1) is 11.0 Å². The normalized spacial score (nSPS) is 13.5. The molecule has 0 unspecified atom stereocenters. The molecule has 5 nitrogen and oxygen atoms in total. The number of para-hydroxylation sites is 2. The lowest BCUT2D eigenvalue weighted by atomic mass is 9.82. The number of furan rings is 1. The Morgan fingerprint density at radius 1 is 0.532 bits per heavy atom. The van der Waals surface area contributed by atoms with Crippen molar-refractivity contribution in [2.45, 2.75) is 19.3 Å². The Kier molecular flexibility index (Phi) is 5.28. The van der Waals surface area contributed by atoms with Gasteiger partial charge in [0.1, 0.15) is 11.2 Å². The summed E-state index contributed by atoms with van der Waals surface area (Å²) in [5.74, 6) is 1.87. The number of rotatable bonds is 3. The average Bonchev–Trinajstić information content (AvgIpc) is 3.73. The van der Waals surface area contributed by atoms with Crippen molar-refractivity contribution >= 4 is 43.7 Å². The summed E-state index contributed by atoms with van der Waals surface area (Å²) in [4.78, 5) is 15.2. The van der Waals surface area contributed by atoms with Crippen molar-refractivity contribution in [2.24, 2.45) is 0 Å². The van der Waals surface area contributed by atoms with Crippen molar-refractivity contribution in [1.29, 1.82) is 0 Å². The van der Waals surface area contributed by atoms with Crippen molar-refractivity contribution < 1.29 is 4.42 Å². The topological polar surface area (TPSA) is 56.7 Å². The minimum atomic E-state index is -0.239. The van der Waals surface area contributed by atoms with E-state index in [1.807, 2.05) is 66.7 Å². The van der Waals surface area contributed by atoms with Gasteiger partial charge in [0, 0.05) is 43.7 Å². The van der Waals surface area contributed by atoms with Crippen LogP contribution in [0.1, 0.15) is 25.0 Å². The van der Waals surface area contributed by atoms with Gasteiger partial charge in [-0.25, -0.2) is 4.98 Å². The second-order valence-electron chi connectivity index (χ2n) is 12.9. The summed E-state index contributed by atoms with van der Waals surface area (Å²) in [5.41, 5.74) is 10.6. The van der Waals surface area contributed by atoms with Crippen LogP contribution in [0.5, 0.6) is 0 Å². The van der Waals surface area contributed by atoms with Crippen molar-refractivity contribution in [3.05, 3.63) is 145 Å². The van der Waals surface area contributed by atoms with Crippen LogP contribution in [0.15, 0.2) is 138 Å². The Balaban J connectivity index is 1.29. The number of hydrogen-bond acceptors (Lipinski definition) is 4. The third-order valence-corrected chi connectivity index (χ3v) is 9.86. The number of hydrogen-bond donors (Lipinski definition) is 0. The van der Waals surface area contributed by atoms with E-state index in [0.29, 0.717) is 17.6 Å². The van der Waals surface area contributed by atoms with Crippen LogP contribution in [-0.2, 0) is 5.41 Å². The molecule has 5 heteroatoms. The minimum Gasteiger partial charge on any atom is -0.455 e. The van der Waals surface area contributed by atoms with Gasteiger partial charge in [-0.15, -0.1) is 0 Å². The first-order valence-electron chi connectivity index (χ1n) is 16.0. The van der Waals surface area contributed by atoms with Gasteiger partial charge in [-0.2, -0.15) is 9.97 Å². The van der Waals surface area contributed by atoms with Gasteiger partial charge in [0.15, 0.2) is 11.6 Å². The molecule has 0 radical (unpaired) electrons. The SMILES string of the molecule is CC1(C)c2cc3c(cc2-c2c1ccc1c2oc2ccccc21)c1ccccc1n3-c1nc(-c2ccccc2)nc(-c2ccccc2)n1. The molecule has 0 amide bonds. The lowest BCUT2D eigenvalue weighted by molar-refractivity contribution is 0.653. The first-order valence-corrected chi connectivity index (χ1v) is 16.0. The maximum Gasteiger partial charge on any atom is 0.238 e. The highest BCUT2D eigenvalue weighted by molar-refractivity contribution is 6.15. The molecule has 10 rings (SSSR count). The quantitative estimate of drug-likeness (QED) is 0.201. The van der Waals surface area contributed by atoms with Crippen LogP contribution in [0.2, 0.25) is 0 Å². The molecule has 1 aliphatic carbocycles. The standard InChI is InChI=1S/C42H28N4O/c1-42(2)32-22-21-29-28-18-10-12-20-36(28)47-38(29)37(32)31-23-30-27-17-9-11-19-34(27)46(35(30)24-33(31)42)41-44-39(25-13-5-3-6-14-25)43-40(45-41)26-15-7-4-8-16-26/h3-24H,1-2H3. The summed E-state index contributed by atoms with van der Waals surface area (Å²) in [6, 6.07) is 46.4. The fourth-order valence-corrected chi connectivity index (χ4v) is 7.57. The van der Waals surface area contributed by atoms with E-state index in [2.05, 4.69) is 85.1 Å². The summed E-state index contributed by atoms with van der Waals surface area (Å²) in [6.07, 6.45) is 0. The van der Waals surface area contributed by atoms with E-state index in [4.69, 9.17) is 19.4 Å². The van der Waals surface area contributed by atoms with Gasteiger partial charge in [-0.05, 0) is 41.0 Å². The smallest absolute Gasteiger partial charge is 0.238 e. The largest absolute Gasteiger partial charge is 0.455 e. The fourth-order valence-electron chi connectivity index (χ4n) is 7.57. The summed E-state index contributed by atoms with van der Waals surface area (Å²) in [5, 5.41) is 4.60. The lowest BCUT2D eigenvalue weighted by Crippen LogP contribution is -2.15. The molecule has 9 aromatic rings. The third-order valence-electron chi connectivity index (χ3n) is 9.86. The molecule has 6 aromatic carbocycles. The minimum absolute atomic E-state index is 0.239. The van der Waals surface area contributed by atoms with Crippen LogP contribution >= 0.6 is 0 Å². The van der Waals surface area contributed by atoms with Crippen LogP contribution in [0.3, 0.4) is 0 Å². The fraction of sp³-hybridized carbons (Fsp3) is 0.0714. The number of aromatic nitrogens is 4. The van der Waals surface area contributed by atoms with Gasteiger partial charge >= 0.3 is 0 Å². The molecule has 0 bridgehead atoms. The predicted molar refractivity (Wildman–Crippen MR) is 190 cm³/mol. The van der Waals surface area contributed by atoms with Crippen LogP contribution in [0, 0.1) is 0 Å². The first kappa shape index (κ1) is 26.2. The zero-order valence-electron chi connectivity index (χ0n) is 25.9. The Bertz CT molecular complexity index is 2640. The monoisotopic (exact) mass is 604 g/mol. The molecule has 0 aliphatic heterocycles. The molecular weight excluding hydrogens is 576 g/mol. The predicted octanol–water partition coefficient (Wildman–Crippen LogP) is 10.5. The maximum atomic E-state index is 6.60. The van der Waals surface area contributed by atoms with E-state index >= 15 is 0 Å². The highest BCUT2D eigenvalue weighted by Gasteiger charge is 2.38. The Morgan fingerprint density at radius 2 is 1.17 bits per heavy atom. The van der Waals surface area contributed by atoms with Gasteiger partial charge in [0.2, 0.25) is 5.95 Å². The van der Waals surface area contributed by atoms with Gasteiger partial charge in [-0.1, -0.05) is 123 Å². The second-order valence-corrected chi connectivity index (χ2v) is 12.9. The maximum absolute atomic E-state index is 6.60. The van der Waals surface area contributed by atoms with E-state index < -0.39 is 0 Å². The zero-order chi connectivity index (χ0) is 31.3. The van der Waals surface area contributed by atoms with Crippen molar-refractivity contribution in [3.8, 4) is 39.9 Å². The van der Waals surface area contributed by atoms with E-state index in [0.717, 1.165) is 54.9 Å². The summed E-state index contributed by atoms with van der Waals surface area (Å²) in [7, 11) is 0. The molecule has 0 N–H and O–H groups in total. The van der Waals surface area contributed by atoms with Crippen LogP contribution in [-0.4, -0.2) is 19.5 Å². The third kappa shape index (κ3) is 3.68. The zero-order valence-corrected chi connectivity index (χ0v) is 25.9. The molecule has 0 saturated carbocycles. The van der Waals surface area contributed by atoms with Gasteiger partial charge in [-0.3, -0.25) is 4.57 Å². The number of nitrogens with zero attached hydrogens (tertiary/aromatic N) is 4. The summed E-state index contributed by atoms with van der Waals surface area (Å²) >= 11 is 0. The van der Waals surface area contributed by atoms with E-state index in [-0.39, 0.29) is 5.41 Å². The van der Waals surface area contributed by atoms with Gasteiger partial charge in [0.25, 0.3) is 0 Å². The summed E-state index contributed by atoms with van der Waals surface area (Å²) in [6.45, 7) is 4.63. The summed E-state index contributed by atoms with van der Waals surface area (Å²) < 4.78 is 8.81. The van der Waals surface area contributed by atoms with Crippen LogP contribution in [0.4, 0.5) is 0 Å². The lowest BCUT2D eigenvalue weighted by Gasteiger charge is -2.21. The average molecular weight is 605 g/mol. The van der Waals surface area contributed by atoms with Crippen molar-refractivity contribution in [3.63, 3.8) is 0 Å². The Hall–Kier alpha value is -6.07. The molecule has 3 aromatic heterocycles. The molecular formula is C42H28N4O. The molecule has 0 saturated heterocycles. The highest BCUT2D eigenvalue weighted by atomic mass is 16.3. The molecule has 0 atom stereocenters. The molecule has 0 fully saturated rings.